The zero-order valence-electron chi connectivity index (χ0n) is 21.8. The molecule has 2 saturated carbocycles. The monoisotopic (exact) mass is 450 g/mol. The lowest BCUT2D eigenvalue weighted by molar-refractivity contribution is -0.165. The predicted molar refractivity (Wildman–Crippen MR) is 130 cm³/mol. The van der Waals surface area contributed by atoms with E-state index in [1.54, 1.807) is 0 Å². The molecule has 2 aliphatic rings. The van der Waals surface area contributed by atoms with Crippen LogP contribution in [0, 0.1) is 34.5 Å². The maximum Gasteiger partial charge on any atom is 0.309 e. The van der Waals surface area contributed by atoms with Crippen LogP contribution in [0.25, 0.3) is 0 Å². The van der Waals surface area contributed by atoms with E-state index in [1.807, 2.05) is 0 Å². The Morgan fingerprint density at radius 1 is 0.625 bits per heavy atom. The average Bonchev–Trinajstić information content (AvgIpc) is 2.73. The first kappa shape index (κ1) is 27.2. The van der Waals surface area contributed by atoms with Crippen molar-refractivity contribution in [3.63, 3.8) is 0 Å². The van der Waals surface area contributed by atoms with Gasteiger partial charge in [0, 0.05) is 0 Å². The normalized spacial score (nSPS) is 21.1. The van der Waals surface area contributed by atoms with Crippen molar-refractivity contribution >= 4 is 11.9 Å². The first-order valence-corrected chi connectivity index (χ1v) is 13.3. The van der Waals surface area contributed by atoms with Crippen molar-refractivity contribution in [3.05, 3.63) is 0 Å². The molecule has 2 aliphatic carbocycles. The molecular weight excluding hydrogens is 400 g/mol. The summed E-state index contributed by atoms with van der Waals surface area (Å²) in [5.41, 5.74) is -0.173. The lowest BCUT2D eigenvalue weighted by atomic mass is 9.73. The Kier molecular flexibility index (Phi) is 10.5. The number of rotatable bonds is 9. The number of ether oxygens (including phenoxy) is 2. The highest BCUT2D eigenvalue weighted by atomic mass is 16.5. The number of carbonyl (C=O) groups excluding carboxylic acids is 2. The molecule has 2 fully saturated rings. The van der Waals surface area contributed by atoms with Gasteiger partial charge in [-0.3, -0.25) is 9.59 Å². The van der Waals surface area contributed by atoms with E-state index in [0.717, 1.165) is 38.5 Å². The van der Waals surface area contributed by atoms with Crippen LogP contribution >= 0.6 is 0 Å². The largest absolute Gasteiger partial charge is 0.465 e. The summed E-state index contributed by atoms with van der Waals surface area (Å²) in [5.74, 6) is -0.0943. The van der Waals surface area contributed by atoms with E-state index in [1.165, 1.54) is 38.5 Å². The molecule has 2 unspecified atom stereocenters. The molecule has 4 heteroatoms. The van der Waals surface area contributed by atoms with Gasteiger partial charge in [0.25, 0.3) is 0 Å². The first-order valence-electron chi connectivity index (χ1n) is 13.3. The van der Waals surface area contributed by atoms with E-state index in [2.05, 4.69) is 41.5 Å². The van der Waals surface area contributed by atoms with Crippen molar-refractivity contribution in [3.8, 4) is 0 Å². The molecule has 2 atom stereocenters. The van der Waals surface area contributed by atoms with Crippen LogP contribution in [0.15, 0.2) is 0 Å². The van der Waals surface area contributed by atoms with Gasteiger partial charge in [-0.25, -0.2) is 0 Å². The van der Waals surface area contributed by atoms with E-state index in [9.17, 15) is 9.59 Å². The van der Waals surface area contributed by atoms with Crippen LogP contribution in [-0.4, -0.2) is 25.2 Å². The van der Waals surface area contributed by atoms with Crippen molar-refractivity contribution in [2.45, 2.75) is 119 Å². The zero-order chi connectivity index (χ0) is 23.8. The molecule has 0 saturated heterocycles. The third-order valence-electron chi connectivity index (χ3n) is 7.01. The van der Waals surface area contributed by atoms with E-state index >= 15 is 0 Å². The second kappa shape index (κ2) is 12.4. The molecule has 0 aliphatic heterocycles. The van der Waals surface area contributed by atoms with Crippen LogP contribution in [0.5, 0.6) is 0 Å². The molecule has 32 heavy (non-hydrogen) atoms. The summed E-state index contributed by atoms with van der Waals surface area (Å²) in [4.78, 5) is 26.8. The molecule has 0 aromatic carbocycles. The van der Waals surface area contributed by atoms with Gasteiger partial charge < -0.3 is 9.47 Å². The van der Waals surface area contributed by atoms with Crippen molar-refractivity contribution in [1.29, 1.82) is 0 Å². The van der Waals surface area contributed by atoms with Gasteiger partial charge in [0.1, 0.15) is 0 Å². The number of hydrogen-bond donors (Lipinski definition) is 0. The van der Waals surface area contributed by atoms with Gasteiger partial charge in [-0.2, -0.15) is 0 Å². The van der Waals surface area contributed by atoms with Gasteiger partial charge >= 0.3 is 11.9 Å². The minimum atomic E-state index is -0.380. The van der Waals surface area contributed by atoms with Crippen molar-refractivity contribution in [1.82, 2.24) is 0 Å². The van der Waals surface area contributed by atoms with Crippen LogP contribution in [0.2, 0.25) is 0 Å². The summed E-state index contributed by atoms with van der Waals surface area (Å²) in [6.45, 7) is 13.2. The molecular formula is C28H50O4. The molecule has 0 aromatic rings. The standard InChI is InChI=1S/C28H50O4/c1-27(2,3)19-31-25(29)23(17-21-13-9-7-10-14-21)24(18-22-15-11-8-12-16-22)26(30)32-20-28(4,5)6/h21-24H,7-20H2,1-6H3. The third kappa shape index (κ3) is 10.3. The summed E-state index contributed by atoms with van der Waals surface area (Å²) >= 11 is 0. The maximum absolute atomic E-state index is 13.4. The van der Waals surface area contributed by atoms with E-state index in [4.69, 9.17) is 9.47 Å². The third-order valence-corrected chi connectivity index (χ3v) is 7.01. The SMILES string of the molecule is CC(C)(C)COC(=O)C(CC1CCCCC1)C(CC1CCCCC1)C(=O)OCC(C)(C)C. The number of carbonyl (C=O) groups is 2. The molecule has 0 amide bonds. The minimum absolute atomic E-state index is 0.0866. The molecule has 2 rings (SSSR count). The highest BCUT2D eigenvalue weighted by molar-refractivity contribution is 5.82. The predicted octanol–water partition coefficient (Wildman–Crippen LogP) is 7.34. The Morgan fingerprint density at radius 3 is 1.22 bits per heavy atom. The van der Waals surface area contributed by atoms with Crippen LogP contribution in [-0.2, 0) is 19.1 Å². The Morgan fingerprint density at radius 2 is 0.938 bits per heavy atom. The number of esters is 2. The highest BCUT2D eigenvalue weighted by Gasteiger charge is 2.40. The topological polar surface area (TPSA) is 52.6 Å². The number of hydrogen-bond acceptors (Lipinski definition) is 4. The van der Waals surface area contributed by atoms with Gasteiger partial charge in [-0.1, -0.05) is 106 Å². The summed E-state index contributed by atoms with van der Waals surface area (Å²) in [6.07, 6.45) is 13.7. The van der Waals surface area contributed by atoms with Crippen LogP contribution < -0.4 is 0 Å². The Balaban J connectivity index is 2.22. The van der Waals surface area contributed by atoms with Crippen molar-refractivity contribution < 1.29 is 19.1 Å². The van der Waals surface area contributed by atoms with Gasteiger partial charge in [-0.05, 0) is 35.5 Å². The molecule has 0 spiro atoms. The first-order chi connectivity index (χ1) is 14.9. The second-order valence-corrected chi connectivity index (χ2v) is 13.0. The van der Waals surface area contributed by atoms with Gasteiger partial charge in [0.2, 0.25) is 0 Å². The molecule has 0 N–H and O–H groups in total. The fourth-order valence-electron chi connectivity index (χ4n) is 5.20. The van der Waals surface area contributed by atoms with Gasteiger partial charge in [0.05, 0.1) is 25.0 Å². The van der Waals surface area contributed by atoms with Crippen molar-refractivity contribution in [2.75, 3.05) is 13.2 Å². The fraction of sp³-hybridized carbons (Fsp3) is 0.929. The Bertz CT molecular complexity index is 519. The molecule has 0 bridgehead atoms. The van der Waals surface area contributed by atoms with Crippen LogP contribution in [0.4, 0.5) is 0 Å². The highest BCUT2D eigenvalue weighted by Crippen LogP contribution is 2.38. The zero-order valence-corrected chi connectivity index (χ0v) is 21.8. The minimum Gasteiger partial charge on any atom is -0.465 e. The Hall–Kier alpha value is -1.06. The maximum atomic E-state index is 13.4. The van der Waals surface area contributed by atoms with E-state index in [-0.39, 0.29) is 34.6 Å². The average molecular weight is 451 g/mol. The fourth-order valence-corrected chi connectivity index (χ4v) is 5.20. The molecule has 186 valence electrons. The second-order valence-electron chi connectivity index (χ2n) is 13.0. The molecule has 4 nitrogen and oxygen atoms in total. The lowest BCUT2D eigenvalue weighted by Gasteiger charge is -2.33. The quantitative estimate of drug-likeness (QED) is 0.345. The smallest absolute Gasteiger partial charge is 0.309 e. The molecule has 0 heterocycles. The van der Waals surface area contributed by atoms with Crippen molar-refractivity contribution in [2.24, 2.45) is 34.5 Å². The Labute approximate surface area is 197 Å². The molecule has 0 aromatic heterocycles. The van der Waals surface area contributed by atoms with Gasteiger partial charge in [-0.15, -0.1) is 0 Å². The summed E-state index contributed by atoms with van der Waals surface area (Å²) in [5, 5.41) is 0. The summed E-state index contributed by atoms with van der Waals surface area (Å²) in [7, 11) is 0. The molecule has 0 radical (unpaired) electrons. The van der Waals surface area contributed by atoms with E-state index < -0.39 is 0 Å². The summed E-state index contributed by atoms with van der Waals surface area (Å²) in [6, 6.07) is 0. The van der Waals surface area contributed by atoms with Gasteiger partial charge in [0.15, 0.2) is 0 Å². The van der Waals surface area contributed by atoms with E-state index in [0.29, 0.717) is 25.0 Å². The lowest BCUT2D eigenvalue weighted by Crippen LogP contribution is -2.37. The van der Waals surface area contributed by atoms with Crippen LogP contribution in [0.1, 0.15) is 119 Å². The summed E-state index contributed by atoms with van der Waals surface area (Å²) < 4.78 is 11.7. The van der Waals surface area contributed by atoms with Crippen LogP contribution in [0.3, 0.4) is 0 Å².